The van der Waals surface area contributed by atoms with Gasteiger partial charge in [-0.1, -0.05) is 41.5 Å². The van der Waals surface area contributed by atoms with Crippen LogP contribution in [0, 0.1) is 16.7 Å². The van der Waals surface area contributed by atoms with E-state index in [1.165, 1.54) is 0 Å². The van der Waals surface area contributed by atoms with Gasteiger partial charge in [0, 0.05) is 5.92 Å². The first-order valence-electron chi connectivity index (χ1n) is 4.74. The number of hydrogen-bond donors (Lipinski definition) is 0. The highest BCUT2D eigenvalue weighted by Crippen LogP contribution is 2.48. The monoisotopic (exact) mass is 192 g/mol. The summed E-state index contributed by atoms with van der Waals surface area (Å²) in [6, 6.07) is 0. The highest BCUT2D eigenvalue weighted by molar-refractivity contribution is 4.91. The molecule has 0 aliphatic heterocycles. The third kappa shape index (κ3) is 3.61. The minimum Gasteiger partial charge on any atom is -0.207 e. The van der Waals surface area contributed by atoms with Crippen molar-refractivity contribution in [3.63, 3.8) is 0 Å². The van der Waals surface area contributed by atoms with Crippen LogP contribution in [0.4, 0.5) is 8.78 Å². The van der Waals surface area contributed by atoms with Crippen LogP contribution in [0.25, 0.3) is 0 Å². The first kappa shape index (κ1) is 12.9. The summed E-state index contributed by atoms with van der Waals surface area (Å²) in [7, 11) is 0. The van der Waals surface area contributed by atoms with Crippen molar-refractivity contribution < 1.29 is 8.78 Å². The standard InChI is InChI=1S/C11H22F2/c1-9(2,3)8(10(4,5)6)11(7,12)13/h8H,1-7H3. The molecular formula is C11H22F2. The molecular weight excluding hydrogens is 170 g/mol. The SMILES string of the molecule is CC(C)(C)C(C(C)(C)C)C(C)(F)F. The Morgan fingerprint density at radius 2 is 0.923 bits per heavy atom. The van der Waals surface area contributed by atoms with E-state index >= 15 is 0 Å². The molecule has 0 heterocycles. The van der Waals surface area contributed by atoms with Crippen molar-refractivity contribution in [2.75, 3.05) is 0 Å². The molecule has 0 saturated heterocycles. The van der Waals surface area contributed by atoms with Gasteiger partial charge < -0.3 is 0 Å². The summed E-state index contributed by atoms with van der Waals surface area (Å²) in [5.41, 5.74) is -0.729. The Morgan fingerprint density at radius 1 is 0.692 bits per heavy atom. The molecule has 0 aromatic rings. The van der Waals surface area contributed by atoms with Crippen LogP contribution in [0.5, 0.6) is 0 Å². The van der Waals surface area contributed by atoms with Crippen molar-refractivity contribution in [1.29, 1.82) is 0 Å². The average molecular weight is 192 g/mol. The van der Waals surface area contributed by atoms with Crippen LogP contribution in [-0.2, 0) is 0 Å². The molecule has 0 aliphatic carbocycles. The lowest BCUT2D eigenvalue weighted by atomic mass is 9.64. The Kier molecular flexibility index (Phi) is 3.18. The number of alkyl halides is 2. The van der Waals surface area contributed by atoms with Crippen LogP contribution in [0.15, 0.2) is 0 Å². The lowest BCUT2D eigenvalue weighted by Gasteiger charge is -2.44. The van der Waals surface area contributed by atoms with Crippen LogP contribution in [0.2, 0.25) is 0 Å². The normalized spacial score (nSPS) is 15.2. The first-order valence-corrected chi connectivity index (χ1v) is 4.74. The molecule has 80 valence electrons. The molecule has 13 heavy (non-hydrogen) atoms. The lowest BCUT2D eigenvalue weighted by Crippen LogP contribution is -2.44. The van der Waals surface area contributed by atoms with Crippen LogP contribution in [-0.4, -0.2) is 5.92 Å². The summed E-state index contributed by atoms with van der Waals surface area (Å²) < 4.78 is 26.8. The third-order valence-electron chi connectivity index (χ3n) is 2.24. The maximum Gasteiger partial charge on any atom is 0.249 e. The largest absolute Gasteiger partial charge is 0.249 e. The van der Waals surface area contributed by atoms with E-state index in [9.17, 15) is 8.78 Å². The van der Waals surface area contributed by atoms with Crippen molar-refractivity contribution in [3.8, 4) is 0 Å². The molecule has 0 rings (SSSR count). The molecule has 0 aromatic carbocycles. The van der Waals surface area contributed by atoms with Gasteiger partial charge in [-0.15, -0.1) is 0 Å². The van der Waals surface area contributed by atoms with Crippen LogP contribution >= 0.6 is 0 Å². The van der Waals surface area contributed by atoms with E-state index in [0.717, 1.165) is 6.92 Å². The van der Waals surface area contributed by atoms with Gasteiger partial charge in [0.15, 0.2) is 0 Å². The van der Waals surface area contributed by atoms with Gasteiger partial charge >= 0.3 is 0 Å². The van der Waals surface area contributed by atoms with Crippen LogP contribution < -0.4 is 0 Å². The van der Waals surface area contributed by atoms with Gasteiger partial charge in [-0.2, -0.15) is 0 Å². The second kappa shape index (κ2) is 3.21. The fourth-order valence-corrected chi connectivity index (χ4v) is 2.82. The second-order valence-corrected chi connectivity index (χ2v) is 6.12. The van der Waals surface area contributed by atoms with E-state index < -0.39 is 11.8 Å². The Balaban J connectivity index is 5.02. The number of halogens is 2. The lowest BCUT2D eigenvalue weighted by molar-refractivity contribution is -0.127. The number of rotatable bonds is 1. The fourth-order valence-electron chi connectivity index (χ4n) is 2.82. The Hall–Kier alpha value is -0.140. The molecule has 0 aromatic heterocycles. The topological polar surface area (TPSA) is 0 Å². The van der Waals surface area contributed by atoms with E-state index in [1.807, 2.05) is 41.5 Å². The minimum atomic E-state index is -2.61. The van der Waals surface area contributed by atoms with Gasteiger partial charge in [0.2, 0.25) is 5.92 Å². The Labute approximate surface area is 80.7 Å². The molecule has 0 radical (unpaired) electrons. The molecule has 0 bridgehead atoms. The molecule has 0 unspecified atom stereocenters. The van der Waals surface area contributed by atoms with Gasteiger partial charge in [0.25, 0.3) is 0 Å². The van der Waals surface area contributed by atoms with Crippen LogP contribution in [0.1, 0.15) is 48.5 Å². The van der Waals surface area contributed by atoms with E-state index in [0.29, 0.717) is 0 Å². The van der Waals surface area contributed by atoms with Crippen molar-refractivity contribution in [3.05, 3.63) is 0 Å². The van der Waals surface area contributed by atoms with Gasteiger partial charge in [-0.25, -0.2) is 8.78 Å². The highest BCUT2D eigenvalue weighted by Gasteiger charge is 2.48. The van der Waals surface area contributed by atoms with E-state index in [1.54, 1.807) is 0 Å². The highest BCUT2D eigenvalue weighted by atomic mass is 19.3. The zero-order valence-corrected chi connectivity index (χ0v) is 9.83. The summed E-state index contributed by atoms with van der Waals surface area (Å²) >= 11 is 0. The maximum atomic E-state index is 13.4. The van der Waals surface area contributed by atoms with E-state index in [4.69, 9.17) is 0 Å². The van der Waals surface area contributed by atoms with Crippen molar-refractivity contribution in [1.82, 2.24) is 0 Å². The second-order valence-electron chi connectivity index (χ2n) is 6.12. The molecule has 2 heteroatoms. The van der Waals surface area contributed by atoms with E-state index in [-0.39, 0.29) is 10.8 Å². The summed E-state index contributed by atoms with van der Waals surface area (Å²) in [6.45, 7) is 12.3. The van der Waals surface area contributed by atoms with Crippen molar-refractivity contribution in [2.45, 2.75) is 54.4 Å². The molecule has 0 aliphatic rings. The third-order valence-corrected chi connectivity index (χ3v) is 2.24. The summed E-state index contributed by atoms with van der Waals surface area (Å²) in [4.78, 5) is 0. The predicted molar refractivity (Wildman–Crippen MR) is 53.0 cm³/mol. The van der Waals surface area contributed by atoms with Crippen molar-refractivity contribution in [2.24, 2.45) is 16.7 Å². The van der Waals surface area contributed by atoms with Gasteiger partial charge in [-0.3, -0.25) is 0 Å². The predicted octanol–water partition coefficient (Wildman–Crippen LogP) is 4.35. The fraction of sp³-hybridized carbons (Fsp3) is 1.00. The Bertz CT molecular complexity index is 131. The molecule has 0 fully saturated rings. The molecule has 0 nitrogen and oxygen atoms in total. The van der Waals surface area contributed by atoms with Gasteiger partial charge in [0.1, 0.15) is 0 Å². The molecule has 0 saturated carbocycles. The molecule has 0 amide bonds. The smallest absolute Gasteiger partial charge is 0.207 e. The Morgan fingerprint density at radius 3 is 0.923 bits per heavy atom. The quantitative estimate of drug-likeness (QED) is 0.579. The summed E-state index contributed by atoms with van der Waals surface area (Å²) in [6.07, 6.45) is 0. The first-order chi connectivity index (χ1) is 5.37. The van der Waals surface area contributed by atoms with Gasteiger partial charge in [0.05, 0.1) is 0 Å². The number of hydrogen-bond acceptors (Lipinski definition) is 0. The zero-order valence-electron chi connectivity index (χ0n) is 9.83. The van der Waals surface area contributed by atoms with Gasteiger partial charge in [-0.05, 0) is 17.8 Å². The van der Waals surface area contributed by atoms with Crippen molar-refractivity contribution >= 4 is 0 Å². The zero-order chi connectivity index (χ0) is 11.1. The summed E-state index contributed by atoms with van der Waals surface area (Å²) in [5.74, 6) is -3.22. The maximum absolute atomic E-state index is 13.4. The summed E-state index contributed by atoms with van der Waals surface area (Å²) in [5, 5.41) is 0. The average Bonchev–Trinajstić information content (AvgIpc) is 1.44. The van der Waals surface area contributed by atoms with Crippen LogP contribution in [0.3, 0.4) is 0 Å². The molecule has 0 atom stereocenters. The minimum absolute atomic E-state index is 0.365. The van der Waals surface area contributed by atoms with E-state index in [2.05, 4.69) is 0 Å². The molecule has 0 spiro atoms. The molecule has 0 N–H and O–H groups in total.